The molecule has 1 saturated heterocycles. The Morgan fingerprint density at radius 3 is 2.95 bits per heavy atom. The third kappa shape index (κ3) is 2.90. The zero-order valence-electron chi connectivity index (χ0n) is 12.5. The molecule has 3 rings (SSSR count). The van der Waals surface area contributed by atoms with Gasteiger partial charge in [0, 0.05) is 18.2 Å². The van der Waals surface area contributed by atoms with Crippen LogP contribution in [0.3, 0.4) is 0 Å². The summed E-state index contributed by atoms with van der Waals surface area (Å²) in [6.07, 6.45) is 3.68. The topological polar surface area (TPSA) is 56.1 Å². The first kappa shape index (κ1) is 15.1. The Labute approximate surface area is 135 Å². The van der Waals surface area contributed by atoms with Gasteiger partial charge in [0.2, 0.25) is 5.91 Å². The van der Waals surface area contributed by atoms with Gasteiger partial charge in [-0.3, -0.25) is 10.1 Å². The smallest absolute Gasteiger partial charge is 0.242 e. The molecule has 1 aromatic carbocycles. The minimum atomic E-state index is -0.412. The van der Waals surface area contributed by atoms with Gasteiger partial charge < -0.3 is 4.90 Å². The Morgan fingerprint density at radius 1 is 1.45 bits per heavy atom. The molecule has 0 bridgehead atoms. The Balaban J connectivity index is 1.63. The molecule has 1 N–H and O–H groups in total. The predicted octanol–water partition coefficient (Wildman–Crippen LogP) is 2.11. The van der Waals surface area contributed by atoms with E-state index in [9.17, 15) is 4.79 Å². The first-order valence-electron chi connectivity index (χ1n) is 7.50. The molecule has 2 heterocycles. The number of carbonyl (C=O) groups excluding carboxylic acids is 1. The summed E-state index contributed by atoms with van der Waals surface area (Å²) in [5, 5.41) is 12.8. The monoisotopic (exact) mass is 313 g/mol. The third-order valence-electron chi connectivity index (χ3n) is 4.26. The number of benzene rings is 1. The van der Waals surface area contributed by atoms with E-state index in [1.54, 1.807) is 22.7 Å². The van der Waals surface area contributed by atoms with Crippen molar-refractivity contribution in [2.45, 2.75) is 30.3 Å². The minimum Gasteiger partial charge on any atom is -0.318 e. The van der Waals surface area contributed by atoms with Gasteiger partial charge in [0.05, 0.1) is 17.5 Å². The highest BCUT2D eigenvalue weighted by Crippen LogP contribution is 2.32. The van der Waals surface area contributed by atoms with Crippen molar-refractivity contribution in [3.63, 3.8) is 0 Å². The van der Waals surface area contributed by atoms with Gasteiger partial charge in [0.1, 0.15) is 6.04 Å². The van der Waals surface area contributed by atoms with Crippen molar-refractivity contribution in [2.75, 3.05) is 12.3 Å². The lowest BCUT2D eigenvalue weighted by Gasteiger charge is -2.24. The lowest BCUT2D eigenvalue weighted by atomic mass is 10.0. The van der Waals surface area contributed by atoms with Crippen molar-refractivity contribution in [1.82, 2.24) is 10.2 Å². The summed E-state index contributed by atoms with van der Waals surface area (Å²) in [6, 6.07) is 11.9. The zero-order chi connectivity index (χ0) is 15.5. The van der Waals surface area contributed by atoms with Crippen LogP contribution in [-0.4, -0.2) is 40.6 Å². The summed E-state index contributed by atoms with van der Waals surface area (Å²) < 4.78 is 0. The van der Waals surface area contributed by atoms with Gasteiger partial charge in [-0.1, -0.05) is 43.3 Å². The molecular weight excluding hydrogens is 294 g/mol. The van der Waals surface area contributed by atoms with E-state index >= 15 is 0 Å². The van der Waals surface area contributed by atoms with Crippen LogP contribution in [0.25, 0.3) is 0 Å². The molecule has 114 valence electrons. The van der Waals surface area contributed by atoms with Crippen LogP contribution in [0.1, 0.15) is 18.4 Å². The molecule has 0 radical (unpaired) electrons. The van der Waals surface area contributed by atoms with E-state index in [-0.39, 0.29) is 17.3 Å². The quantitative estimate of drug-likeness (QED) is 0.869. The van der Waals surface area contributed by atoms with Crippen LogP contribution in [0.15, 0.2) is 42.5 Å². The maximum Gasteiger partial charge on any atom is 0.242 e. The summed E-state index contributed by atoms with van der Waals surface area (Å²) >= 11 is 1.79. The molecule has 0 unspecified atom stereocenters. The fourth-order valence-electron chi connectivity index (χ4n) is 2.92. The van der Waals surface area contributed by atoms with Crippen molar-refractivity contribution in [3.05, 3.63) is 48.0 Å². The second-order valence-corrected chi connectivity index (χ2v) is 6.84. The van der Waals surface area contributed by atoms with Gasteiger partial charge in [0.25, 0.3) is 0 Å². The van der Waals surface area contributed by atoms with E-state index in [1.807, 2.05) is 24.3 Å². The average Bonchev–Trinajstić information content (AvgIpc) is 3.23. The lowest BCUT2D eigenvalue weighted by molar-refractivity contribution is -0.132. The van der Waals surface area contributed by atoms with Crippen molar-refractivity contribution in [2.24, 2.45) is 0 Å². The van der Waals surface area contributed by atoms with Crippen molar-refractivity contribution < 1.29 is 4.79 Å². The summed E-state index contributed by atoms with van der Waals surface area (Å²) in [7, 11) is 0. The summed E-state index contributed by atoms with van der Waals surface area (Å²) in [6.45, 7) is 2.72. The van der Waals surface area contributed by atoms with Gasteiger partial charge in [0.15, 0.2) is 0 Å². The lowest BCUT2D eigenvalue weighted by Crippen LogP contribution is -2.48. The normalized spacial score (nSPS) is 28.5. The Morgan fingerprint density at radius 2 is 2.23 bits per heavy atom. The molecule has 0 spiro atoms. The predicted molar refractivity (Wildman–Crippen MR) is 88.3 cm³/mol. The molecule has 5 heteroatoms. The standard InChI is InChI=1S/C17H19N3OS/c1-12(13-6-3-2-4-7-13)16-19-15(11-22-16)17(21)20-9-5-8-14(20)10-18/h2-8,12,14-16,19H,9,11H2,1H3/t12-,14+,15+,16-/m1/s1. The highest BCUT2D eigenvalue weighted by molar-refractivity contribution is 8.00. The molecule has 22 heavy (non-hydrogen) atoms. The Kier molecular flexibility index (Phi) is 4.51. The van der Waals surface area contributed by atoms with E-state index in [0.29, 0.717) is 12.5 Å². The second-order valence-electron chi connectivity index (χ2n) is 5.67. The molecule has 0 aromatic heterocycles. The average molecular weight is 313 g/mol. The largest absolute Gasteiger partial charge is 0.318 e. The number of thioether (sulfide) groups is 1. The van der Waals surface area contributed by atoms with E-state index in [4.69, 9.17) is 5.26 Å². The SMILES string of the molecule is C[C@H](c1ccccc1)[C@@H]1N[C@H](C(=O)N2CC=C[C@H]2C#N)CS1. The number of nitrogens with zero attached hydrogens (tertiary/aromatic N) is 2. The van der Waals surface area contributed by atoms with Gasteiger partial charge in [-0.2, -0.15) is 5.26 Å². The first-order valence-corrected chi connectivity index (χ1v) is 8.55. The van der Waals surface area contributed by atoms with Crippen LogP contribution in [0.5, 0.6) is 0 Å². The van der Waals surface area contributed by atoms with Crippen molar-refractivity contribution >= 4 is 17.7 Å². The number of amides is 1. The minimum absolute atomic E-state index is 0.0341. The molecule has 2 aliphatic rings. The third-order valence-corrected chi connectivity index (χ3v) is 5.69. The van der Waals surface area contributed by atoms with Gasteiger partial charge in [-0.05, 0) is 11.6 Å². The Hall–Kier alpha value is -1.77. The first-order chi connectivity index (χ1) is 10.7. The van der Waals surface area contributed by atoms with Crippen LogP contribution in [-0.2, 0) is 4.79 Å². The maximum absolute atomic E-state index is 12.6. The van der Waals surface area contributed by atoms with E-state index in [0.717, 1.165) is 5.75 Å². The zero-order valence-corrected chi connectivity index (χ0v) is 13.3. The molecule has 4 atom stereocenters. The number of nitriles is 1. The Bertz CT molecular complexity index is 610. The number of hydrogen-bond donors (Lipinski definition) is 1. The van der Waals surface area contributed by atoms with E-state index in [1.165, 1.54) is 5.56 Å². The highest BCUT2D eigenvalue weighted by atomic mass is 32.2. The number of nitrogens with one attached hydrogen (secondary N) is 1. The fraction of sp³-hybridized carbons (Fsp3) is 0.412. The molecule has 1 aromatic rings. The highest BCUT2D eigenvalue weighted by Gasteiger charge is 2.37. The van der Waals surface area contributed by atoms with Gasteiger partial charge >= 0.3 is 0 Å². The molecule has 0 aliphatic carbocycles. The van der Waals surface area contributed by atoms with Crippen LogP contribution in [0.2, 0.25) is 0 Å². The number of carbonyl (C=O) groups is 1. The summed E-state index contributed by atoms with van der Waals surface area (Å²) in [4.78, 5) is 14.2. The number of hydrogen-bond acceptors (Lipinski definition) is 4. The van der Waals surface area contributed by atoms with Crippen LogP contribution < -0.4 is 5.32 Å². The fourth-order valence-corrected chi connectivity index (χ4v) is 4.26. The number of rotatable bonds is 3. The maximum atomic E-state index is 12.6. The van der Waals surface area contributed by atoms with Crippen LogP contribution in [0.4, 0.5) is 0 Å². The molecular formula is C17H19N3OS. The second kappa shape index (κ2) is 6.55. The molecule has 1 fully saturated rings. The molecule has 2 aliphatic heterocycles. The van der Waals surface area contributed by atoms with E-state index < -0.39 is 6.04 Å². The van der Waals surface area contributed by atoms with Gasteiger partial charge in [-0.15, -0.1) is 11.8 Å². The van der Waals surface area contributed by atoms with Crippen molar-refractivity contribution in [1.29, 1.82) is 5.26 Å². The molecule has 1 amide bonds. The van der Waals surface area contributed by atoms with Crippen LogP contribution >= 0.6 is 11.8 Å². The van der Waals surface area contributed by atoms with E-state index in [2.05, 4.69) is 30.4 Å². The summed E-state index contributed by atoms with van der Waals surface area (Å²) in [5.74, 6) is 1.13. The van der Waals surface area contributed by atoms with Crippen LogP contribution in [0, 0.1) is 11.3 Å². The molecule has 0 saturated carbocycles. The van der Waals surface area contributed by atoms with Crippen molar-refractivity contribution in [3.8, 4) is 6.07 Å². The van der Waals surface area contributed by atoms with Gasteiger partial charge in [-0.25, -0.2) is 0 Å². The molecule has 4 nitrogen and oxygen atoms in total. The summed E-state index contributed by atoms with van der Waals surface area (Å²) in [5.41, 5.74) is 1.28.